The molecule has 0 unspecified atom stereocenters. The van der Waals surface area contributed by atoms with Gasteiger partial charge in [-0.3, -0.25) is 9.69 Å². The average Bonchev–Trinajstić information content (AvgIpc) is 2.47. The van der Waals surface area contributed by atoms with Crippen LogP contribution in [0.3, 0.4) is 0 Å². The van der Waals surface area contributed by atoms with Gasteiger partial charge in [-0.2, -0.15) is 0 Å². The third-order valence-corrected chi connectivity index (χ3v) is 4.02. The molecule has 1 amide bonds. The minimum atomic E-state index is 0.124. The monoisotopic (exact) mass is 290 g/mol. The average molecular weight is 290 g/mol. The highest BCUT2D eigenvalue weighted by Crippen LogP contribution is 2.17. The molecule has 2 rings (SSSR count). The summed E-state index contributed by atoms with van der Waals surface area (Å²) >= 11 is 0. The molecule has 0 aliphatic carbocycles. The van der Waals surface area contributed by atoms with Crippen LogP contribution in [0.2, 0.25) is 0 Å². The Balaban J connectivity index is 1.71. The van der Waals surface area contributed by atoms with Crippen molar-refractivity contribution in [1.82, 2.24) is 10.2 Å². The van der Waals surface area contributed by atoms with Crippen LogP contribution in [-0.2, 0) is 11.2 Å². The Labute approximate surface area is 127 Å². The lowest BCUT2D eigenvalue weighted by Crippen LogP contribution is -2.42. The van der Waals surface area contributed by atoms with Gasteiger partial charge in [-0.1, -0.05) is 25.1 Å². The van der Waals surface area contributed by atoms with Gasteiger partial charge >= 0.3 is 0 Å². The summed E-state index contributed by atoms with van der Waals surface area (Å²) in [6.45, 7) is 5.52. The van der Waals surface area contributed by atoms with Crippen LogP contribution >= 0.6 is 0 Å². The van der Waals surface area contributed by atoms with Crippen LogP contribution in [0.5, 0.6) is 5.75 Å². The number of hydrogen-bond donors (Lipinski definition) is 1. The zero-order chi connectivity index (χ0) is 15.1. The summed E-state index contributed by atoms with van der Waals surface area (Å²) in [4.78, 5) is 14.2. The van der Waals surface area contributed by atoms with Crippen LogP contribution in [0.4, 0.5) is 0 Å². The highest BCUT2D eigenvalue weighted by atomic mass is 16.5. The van der Waals surface area contributed by atoms with Gasteiger partial charge in [0.1, 0.15) is 5.75 Å². The molecule has 1 N–H and O–H groups in total. The molecule has 4 heteroatoms. The molecule has 1 fully saturated rings. The number of carbonyl (C=O) groups is 1. The summed E-state index contributed by atoms with van der Waals surface area (Å²) in [5.74, 6) is 1.72. The zero-order valence-corrected chi connectivity index (χ0v) is 13.1. The Bertz CT molecular complexity index is 462. The van der Waals surface area contributed by atoms with Gasteiger partial charge < -0.3 is 10.1 Å². The number of benzene rings is 1. The first kappa shape index (κ1) is 15.8. The summed E-state index contributed by atoms with van der Waals surface area (Å²) in [5, 5.41) is 3.01. The van der Waals surface area contributed by atoms with Crippen molar-refractivity contribution in [2.75, 3.05) is 33.3 Å². The second kappa shape index (κ2) is 8.03. The molecule has 4 nitrogen and oxygen atoms in total. The lowest BCUT2D eigenvalue weighted by atomic mass is 10.0. The van der Waals surface area contributed by atoms with Crippen molar-refractivity contribution in [3.05, 3.63) is 29.8 Å². The third kappa shape index (κ3) is 5.05. The van der Waals surface area contributed by atoms with Crippen molar-refractivity contribution in [2.45, 2.75) is 26.2 Å². The molecule has 1 aromatic carbocycles. The Kier molecular flexibility index (Phi) is 6.05. The van der Waals surface area contributed by atoms with E-state index in [-0.39, 0.29) is 5.91 Å². The Hall–Kier alpha value is -1.55. The third-order valence-electron chi connectivity index (χ3n) is 4.02. The molecule has 21 heavy (non-hydrogen) atoms. The van der Waals surface area contributed by atoms with E-state index in [2.05, 4.69) is 17.1 Å². The van der Waals surface area contributed by atoms with Gasteiger partial charge in [0.25, 0.3) is 0 Å². The maximum atomic E-state index is 12.0. The molecular weight excluding hydrogens is 264 g/mol. The fraction of sp³-hybridized carbons (Fsp3) is 0.588. The molecule has 0 aromatic heterocycles. The maximum absolute atomic E-state index is 12.0. The highest BCUT2D eigenvalue weighted by molar-refractivity contribution is 5.78. The summed E-state index contributed by atoms with van der Waals surface area (Å²) in [6.07, 6.45) is 3.29. The Morgan fingerprint density at radius 2 is 2.24 bits per heavy atom. The molecule has 0 saturated carbocycles. The number of nitrogens with one attached hydrogen (secondary N) is 1. The van der Waals surface area contributed by atoms with Crippen molar-refractivity contribution < 1.29 is 9.53 Å². The lowest BCUT2D eigenvalue weighted by molar-refractivity contribution is -0.122. The fourth-order valence-corrected chi connectivity index (χ4v) is 2.94. The predicted octanol–water partition coefficient (Wildman–Crippen LogP) is 2.09. The number of amides is 1. The van der Waals surface area contributed by atoms with Crippen molar-refractivity contribution in [1.29, 1.82) is 0 Å². The molecule has 1 aliphatic heterocycles. The standard InChI is InChI=1S/C17H26N2O2/c1-14-6-5-11-19(12-14)13-17(20)18-10-9-15-7-3-4-8-16(15)21-2/h3-4,7-8,14H,5-6,9-13H2,1-2H3,(H,18,20)/t14-/m0/s1. The topological polar surface area (TPSA) is 41.6 Å². The normalized spacial score (nSPS) is 19.2. The second-order valence-corrected chi connectivity index (χ2v) is 5.89. The summed E-state index contributed by atoms with van der Waals surface area (Å²) < 4.78 is 5.32. The SMILES string of the molecule is COc1ccccc1CCNC(=O)CN1CCC[C@H](C)C1. The Morgan fingerprint density at radius 3 is 3.00 bits per heavy atom. The smallest absolute Gasteiger partial charge is 0.234 e. The van der Waals surface area contributed by atoms with E-state index in [0.717, 1.165) is 30.8 Å². The second-order valence-electron chi connectivity index (χ2n) is 5.89. The van der Waals surface area contributed by atoms with E-state index in [1.165, 1.54) is 12.8 Å². The number of ether oxygens (including phenoxy) is 1. The van der Waals surface area contributed by atoms with Gasteiger partial charge in [-0.25, -0.2) is 0 Å². The van der Waals surface area contributed by atoms with Crippen LogP contribution in [-0.4, -0.2) is 44.1 Å². The van der Waals surface area contributed by atoms with Gasteiger partial charge in [0.05, 0.1) is 13.7 Å². The molecule has 1 aromatic rings. The zero-order valence-electron chi connectivity index (χ0n) is 13.1. The number of para-hydroxylation sites is 1. The number of nitrogens with zero attached hydrogens (tertiary/aromatic N) is 1. The van der Waals surface area contributed by atoms with Crippen molar-refractivity contribution in [3.63, 3.8) is 0 Å². The highest BCUT2D eigenvalue weighted by Gasteiger charge is 2.18. The van der Waals surface area contributed by atoms with Gasteiger partial charge in [0.2, 0.25) is 5.91 Å². The van der Waals surface area contributed by atoms with E-state index in [9.17, 15) is 4.79 Å². The van der Waals surface area contributed by atoms with E-state index in [0.29, 0.717) is 19.0 Å². The van der Waals surface area contributed by atoms with Gasteiger partial charge in [-0.15, -0.1) is 0 Å². The van der Waals surface area contributed by atoms with Gasteiger partial charge in [0.15, 0.2) is 0 Å². The Morgan fingerprint density at radius 1 is 1.43 bits per heavy atom. The number of rotatable bonds is 6. The number of likely N-dealkylation sites (tertiary alicyclic amines) is 1. The molecule has 0 bridgehead atoms. The fourth-order valence-electron chi connectivity index (χ4n) is 2.94. The largest absolute Gasteiger partial charge is 0.496 e. The summed E-state index contributed by atoms with van der Waals surface area (Å²) in [6, 6.07) is 7.94. The molecule has 1 heterocycles. The van der Waals surface area contributed by atoms with E-state index < -0.39 is 0 Å². The van der Waals surface area contributed by atoms with Crippen molar-refractivity contribution in [3.8, 4) is 5.75 Å². The van der Waals surface area contributed by atoms with E-state index in [1.807, 2.05) is 24.3 Å². The maximum Gasteiger partial charge on any atom is 0.234 e. The van der Waals surface area contributed by atoms with Crippen molar-refractivity contribution in [2.24, 2.45) is 5.92 Å². The number of piperidine rings is 1. The van der Waals surface area contributed by atoms with Gasteiger partial charge in [0, 0.05) is 13.1 Å². The first-order valence-electron chi connectivity index (χ1n) is 7.80. The summed E-state index contributed by atoms with van der Waals surface area (Å²) in [7, 11) is 1.68. The summed E-state index contributed by atoms with van der Waals surface area (Å²) in [5.41, 5.74) is 1.13. The quantitative estimate of drug-likeness (QED) is 0.872. The van der Waals surface area contributed by atoms with E-state index >= 15 is 0 Å². The molecule has 0 radical (unpaired) electrons. The first-order valence-corrected chi connectivity index (χ1v) is 7.80. The molecule has 1 aliphatic rings. The molecule has 116 valence electrons. The number of methoxy groups -OCH3 is 1. The van der Waals surface area contributed by atoms with E-state index in [1.54, 1.807) is 7.11 Å². The van der Waals surface area contributed by atoms with Crippen LogP contribution < -0.4 is 10.1 Å². The van der Waals surface area contributed by atoms with Crippen LogP contribution in [0.1, 0.15) is 25.3 Å². The molecular formula is C17H26N2O2. The number of carbonyl (C=O) groups excluding carboxylic acids is 1. The molecule has 1 saturated heterocycles. The first-order chi connectivity index (χ1) is 10.2. The molecule has 1 atom stereocenters. The lowest BCUT2D eigenvalue weighted by Gasteiger charge is -2.30. The van der Waals surface area contributed by atoms with Crippen LogP contribution in [0.15, 0.2) is 24.3 Å². The minimum Gasteiger partial charge on any atom is -0.496 e. The van der Waals surface area contributed by atoms with Crippen LogP contribution in [0.25, 0.3) is 0 Å². The number of hydrogen-bond acceptors (Lipinski definition) is 3. The van der Waals surface area contributed by atoms with Gasteiger partial charge in [-0.05, 0) is 43.4 Å². The van der Waals surface area contributed by atoms with Crippen LogP contribution in [0, 0.1) is 5.92 Å². The molecule has 0 spiro atoms. The van der Waals surface area contributed by atoms with E-state index in [4.69, 9.17) is 4.74 Å². The minimum absolute atomic E-state index is 0.124. The predicted molar refractivity (Wildman–Crippen MR) is 84.5 cm³/mol. The van der Waals surface area contributed by atoms with Crippen molar-refractivity contribution >= 4 is 5.91 Å².